The van der Waals surface area contributed by atoms with Crippen molar-refractivity contribution in [2.45, 2.75) is 26.3 Å². The molecule has 0 saturated heterocycles. The number of hydrogen-bond acceptors (Lipinski definition) is 6. The van der Waals surface area contributed by atoms with Gasteiger partial charge in [-0.25, -0.2) is 4.79 Å². The van der Waals surface area contributed by atoms with E-state index in [2.05, 4.69) is 15.5 Å². The summed E-state index contributed by atoms with van der Waals surface area (Å²) in [6.07, 6.45) is 0.509. The number of nitrogens with two attached hydrogens (primary N) is 1. The largest absolute Gasteiger partial charge is 0.351 e. The van der Waals surface area contributed by atoms with Crippen LogP contribution < -0.4 is 16.4 Å². The number of hydrogen-bond donors (Lipinski definition) is 3. The molecule has 0 fully saturated rings. The van der Waals surface area contributed by atoms with Crippen LogP contribution in [0.4, 0.5) is 4.79 Å². The molecule has 4 N–H and O–H groups in total. The number of rotatable bonds is 5. The molecule has 1 rings (SSSR count). The Morgan fingerprint density at radius 2 is 2.24 bits per heavy atom. The summed E-state index contributed by atoms with van der Waals surface area (Å²) in [6, 6.07) is -1.39. The molecule has 0 bridgehead atoms. The van der Waals surface area contributed by atoms with Crippen LogP contribution in [0.15, 0.2) is 4.52 Å². The highest BCUT2D eigenvalue weighted by Crippen LogP contribution is 1.96. The first-order chi connectivity index (χ1) is 7.99. The van der Waals surface area contributed by atoms with Crippen LogP contribution in [0.5, 0.6) is 0 Å². The molecule has 0 saturated carbocycles. The van der Waals surface area contributed by atoms with Gasteiger partial charge < -0.3 is 15.6 Å². The van der Waals surface area contributed by atoms with Crippen LogP contribution in [0, 0.1) is 6.92 Å². The minimum Gasteiger partial charge on any atom is -0.351 e. The normalized spacial score (nSPS) is 12.1. The summed E-state index contributed by atoms with van der Waals surface area (Å²) >= 11 is 0. The van der Waals surface area contributed by atoms with Crippen molar-refractivity contribution in [2.24, 2.45) is 5.73 Å². The van der Waals surface area contributed by atoms with E-state index in [9.17, 15) is 9.59 Å². The van der Waals surface area contributed by atoms with Crippen LogP contribution in [-0.2, 0) is 11.2 Å². The van der Waals surface area contributed by atoms with Gasteiger partial charge in [0, 0.05) is 13.0 Å². The number of carbonyl (C=O) groups excluding carboxylic acids is 2. The van der Waals surface area contributed by atoms with Gasteiger partial charge in [-0.15, -0.1) is 0 Å². The molecule has 1 aromatic rings. The molecule has 1 unspecified atom stereocenters. The molecule has 17 heavy (non-hydrogen) atoms. The van der Waals surface area contributed by atoms with Crippen LogP contribution in [0.1, 0.15) is 18.6 Å². The topological polar surface area (TPSA) is 123 Å². The molecule has 8 nitrogen and oxygen atoms in total. The predicted octanol–water partition coefficient (Wildman–Crippen LogP) is -0.906. The lowest BCUT2D eigenvalue weighted by Gasteiger charge is -2.11. The highest BCUT2D eigenvalue weighted by atomic mass is 16.5. The lowest BCUT2D eigenvalue weighted by molar-refractivity contribution is -0.121. The van der Waals surface area contributed by atoms with E-state index < -0.39 is 18.0 Å². The van der Waals surface area contributed by atoms with Crippen molar-refractivity contribution in [3.8, 4) is 0 Å². The van der Waals surface area contributed by atoms with Crippen molar-refractivity contribution in [3.63, 3.8) is 0 Å². The summed E-state index contributed by atoms with van der Waals surface area (Å²) < 4.78 is 4.90. The zero-order valence-electron chi connectivity index (χ0n) is 9.69. The van der Waals surface area contributed by atoms with Crippen molar-refractivity contribution >= 4 is 11.9 Å². The molecule has 0 radical (unpaired) electrons. The first-order valence-corrected chi connectivity index (χ1v) is 5.12. The van der Waals surface area contributed by atoms with Crippen molar-refractivity contribution < 1.29 is 14.1 Å². The second-order valence-corrected chi connectivity index (χ2v) is 3.51. The zero-order chi connectivity index (χ0) is 12.8. The lowest BCUT2D eigenvalue weighted by Crippen LogP contribution is -2.46. The molecule has 0 aliphatic heterocycles. The van der Waals surface area contributed by atoms with E-state index in [-0.39, 0.29) is 0 Å². The summed E-state index contributed by atoms with van der Waals surface area (Å²) in [6.45, 7) is 3.83. The molecule has 0 aromatic carbocycles. The maximum atomic E-state index is 11.3. The standard InChI is InChI=1S/C9H15N5O3/c1-5(8(15)13-9(10)16)11-4-3-7-12-6(2)14-17-7/h5,11H,3-4H2,1-2H3,(H3,10,13,15,16). The fourth-order valence-corrected chi connectivity index (χ4v) is 1.16. The smallest absolute Gasteiger partial charge is 0.318 e. The number of primary amides is 1. The average molecular weight is 241 g/mol. The second-order valence-electron chi connectivity index (χ2n) is 3.51. The molecule has 1 heterocycles. The van der Waals surface area contributed by atoms with Gasteiger partial charge in [0.25, 0.3) is 0 Å². The van der Waals surface area contributed by atoms with Crippen molar-refractivity contribution in [1.82, 2.24) is 20.8 Å². The van der Waals surface area contributed by atoms with Crippen LogP contribution in [-0.4, -0.2) is 34.7 Å². The van der Waals surface area contributed by atoms with E-state index in [0.717, 1.165) is 0 Å². The van der Waals surface area contributed by atoms with E-state index in [4.69, 9.17) is 10.3 Å². The van der Waals surface area contributed by atoms with Gasteiger partial charge in [0.05, 0.1) is 6.04 Å². The van der Waals surface area contributed by atoms with Crippen LogP contribution in [0.3, 0.4) is 0 Å². The molecule has 3 amide bonds. The molecule has 94 valence electrons. The Labute approximate surface area is 97.9 Å². The molecule has 1 aromatic heterocycles. The Morgan fingerprint density at radius 3 is 2.76 bits per heavy atom. The molecule has 0 aliphatic carbocycles. The van der Waals surface area contributed by atoms with Gasteiger partial charge in [0.15, 0.2) is 5.82 Å². The first kappa shape index (κ1) is 13.1. The van der Waals surface area contributed by atoms with E-state index in [0.29, 0.717) is 24.7 Å². The van der Waals surface area contributed by atoms with Gasteiger partial charge in [0.2, 0.25) is 11.8 Å². The van der Waals surface area contributed by atoms with Crippen LogP contribution in [0.2, 0.25) is 0 Å². The second kappa shape index (κ2) is 5.94. The number of amides is 3. The quantitative estimate of drug-likeness (QED) is 0.613. The predicted molar refractivity (Wildman–Crippen MR) is 57.9 cm³/mol. The van der Waals surface area contributed by atoms with E-state index in [1.807, 2.05) is 5.32 Å². The number of imide groups is 1. The molecule has 1 atom stereocenters. The molecular formula is C9H15N5O3. The average Bonchev–Trinajstić information content (AvgIpc) is 2.63. The third-order valence-electron chi connectivity index (χ3n) is 2.00. The number of urea groups is 1. The van der Waals surface area contributed by atoms with Gasteiger partial charge in [-0.1, -0.05) is 5.16 Å². The number of aryl methyl sites for hydroxylation is 1. The SMILES string of the molecule is Cc1noc(CCNC(C)C(=O)NC(N)=O)n1. The Bertz CT molecular complexity index is 403. The maximum absolute atomic E-state index is 11.3. The first-order valence-electron chi connectivity index (χ1n) is 5.12. The summed E-state index contributed by atoms with van der Waals surface area (Å²) in [7, 11) is 0. The summed E-state index contributed by atoms with van der Waals surface area (Å²) in [5.74, 6) is 0.594. The lowest BCUT2D eigenvalue weighted by atomic mass is 10.3. The number of nitrogens with one attached hydrogen (secondary N) is 2. The van der Waals surface area contributed by atoms with E-state index in [1.165, 1.54) is 0 Å². The zero-order valence-corrected chi connectivity index (χ0v) is 9.69. The van der Waals surface area contributed by atoms with Gasteiger partial charge >= 0.3 is 6.03 Å². The monoisotopic (exact) mass is 241 g/mol. The minimum atomic E-state index is -0.865. The van der Waals surface area contributed by atoms with Gasteiger partial charge in [-0.3, -0.25) is 10.1 Å². The van der Waals surface area contributed by atoms with Crippen molar-refractivity contribution in [1.29, 1.82) is 0 Å². The molecule has 0 aliphatic rings. The van der Waals surface area contributed by atoms with E-state index >= 15 is 0 Å². The van der Waals surface area contributed by atoms with Gasteiger partial charge in [-0.2, -0.15) is 4.98 Å². The summed E-state index contributed by atoms with van der Waals surface area (Å²) in [5.41, 5.74) is 4.82. The molecular weight excluding hydrogens is 226 g/mol. The highest BCUT2D eigenvalue weighted by Gasteiger charge is 2.13. The Hall–Kier alpha value is -1.96. The third-order valence-corrected chi connectivity index (χ3v) is 2.00. The van der Waals surface area contributed by atoms with E-state index in [1.54, 1.807) is 13.8 Å². The highest BCUT2D eigenvalue weighted by molar-refractivity contribution is 5.96. The summed E-state index contributed by atoms with van der Waals surface area (Å²) in [5, 5.41) is 8.51. The van der Waals surface area contributed by atoms with Gasteiger partial charge in [0.1, 0.15) is 0 Å². The van der Waals surface area contributed by atoms with Crippen LogP contribution >= 0.6 is 0 Å². The Morgan fingerprint density at radius 1 is 1.53 bits per heavy atom. The Balaban J connectivity index is 2.26. The van der Waals surface area contributed by atoms with Crippen molar-refractivity contribution in [3.05, 3.63) is 11.7 Å². The third kappa shape index (κ3) is 4.60. The fraction of sp³-hybridized carbons (Fsp3) is 0.556. The number of carbonyl (C=O) groups is 2. The Kier molecular flexibility index (Phi) is 4.58. The fourth-order valence-electron chi connectivity index (χ4n) is 1.16. The van der Waals surface area contributed by atoms with Gasteiger partial charge in [-0.05, 0) is 13.8 Å². The van der Waals surface area contributed by atoms with Crippen molar-refractivity contribution in [2.75, 3.05) is 6.54 Å². The van der Waals surface area contributed by atoms with Crippen LogP contribution in [0.25, 0.3) is 0 Å². The maximum Gasteiger partial charge on any atom is 0.318 e. The summed E-state index contributed by atoms with van der Waals surface area (Å²) in [4.78, 5) is 25.7. The molecule has 0 spiro atoms. The number of aromatic nitrogens is 2. The number of nitrogens with zero attached hydrogens (tertiary/aromatic N) is 2. The molecule has 8 heteroatoms. The minimum absolute atomic E-state index is 0.473.